The standard InChI is InChI=1S/C13H18FN3O/c14-10-5-1-2-7-12(10)17-13(18)16-8-9-4-3-6-11(9)15/h1-2,5,7,9,11H,3-4,6,8,15H2,(H2,16,17,18). The molecule has 18 heavy (non-hydrogen) atoms. The third-order valence-corrected chi connectivity index (χ3v) is 3.36. The lowest BCUT2D eigenvalue weighted by molar-refractivity contribution is 0.249. The molecule has 1 saturated carbocycles. The second-order valence-corrected chi connectivity index (χ2v) is 4.67. The van der Waals surface area contributed by atoms with Crippen LogP contribution in [-0.4, -0.2) is 18.6 Å². The van der Waals surface area contributed by atoms with E-state index in [9.17, 15) is 9.18 Å². The minimum absolute atomic E-state index is 0.166. The van der Waals surface area contributed by atoms with E-state index >= 15 is 0 Å². The monoisotopic (exact) mass is 251 g/mol. The van der Waals surface area contributed by atoms with Gasteiger partial charge in [0.25, 0.3) is 0 Å². The van der Waals surface area contributed by atoms with Crippen molar-refractivity contribution in [1.82, 2.24) is 5.32 Å². The van der Waals surface area contributed by atoms with Gasteiger partial charge in [0.05, 0.1) is 5.69 Å². The van der Waals surface area contributed by atoms with Crippen LogP contribution in [0.3, 0.4) is 0 Å². The Balaban J connectivity index is 1.80. The number of amides is 2. The third-order valence-electron chi connectivity index (χ3n) is 3.36. The van der Waals surface area contributed by atoms with Crippen molar-refractivity contribution in [2.75, 3.05) is 11.9 Å². The maximum Gasteiger partial charge on any atom is 0.319 e. The predicted octanol–water partition coefficient (Wildman–Crippen LogP) is 2.07. The second kappa shape index (κ2) is 5.82. The Bertz CT molecular complexity index is 424. The van der Waals surface area contributed by atoms with Crippen molar-refractivity contribution in [2.45, 2.75) is 25.3 Å². The van der Waals surface area contributed by atoms with Gasteiger partial charge < -0.3 is 16.4 Å². The van der Waals surface area contributed by atoms with E-state index in [1.165, 1.54) is 12.1 Å². The van der Waals surface area contributed by atoms with E-state index in [1.54, 1.807) is 12.1 Å². The molecule has 1 aliphatic rings. The van der Waals surface area contributed by atoms with Crippen molar-refractivity contribution in [1.29, 1.82) is 0 Å². The van der Waals surface area contributed by atoms with Gasteiger partial charge in [-0.2, -0.15) is 0 Å². The molecule has 98 valence electrons. The predicted molar refractivity (Wildman–Crippen MR) is 68.7 cm³/mol. The van der Waals surface area contributed by atoms with Gasteiger partial charge in [-0.1, -0.05) is 18.6 Å². The van der Waals surface area contributed by atoms with Crippen molar-refractivity contribution < 1.29 is 9.18 Å². The number of nitrogens with two attached hydrogens (primary N) is 1. The van der Waals surface area contributed by atoms with Crippen LogP contribution in [0.15, 0.2) is 24.3 Å². The molecular formula is C13H18FN3O. The maximum atomic E-state index is 13.3. The summed E-state index contributed by atoms with van der Waals surface area (Å²) in [5, 5.41) is 5.22. The van der Waals surface area contributed by atoms with Crippen LogP contribution in [-0.2, 0) is 0 Å². The number of urea groups is 1. The first-order valence-corrected chi connectivity index (χ1v) is 6.22. The van der Waals surface area contributed by atoms with E-state index in [4.69, 9.17) is 5.73 Å². The summed E-state index contributed by atoms with van der Waals surface area (Å²) in [6.45, 7) is 0.543. The molecule has 1 fully saturated rings. The highest BCUT2D eigenvalue weighted by molar-refractivity contribution is 5.89. The van der Waals surface area contributed by atoms with Crippen molar-refractivity contribution >= 4 is 11.7 Å². The Morgan fingerprint density at radius 1 is 1.39 bits per heavy atom. The number of nitrogens with one attached hydrogen (secondary N) is 2. The number of anilines is 1. The summed E-state index contributed by atoms with van der Waals surface area (Å²) in [4.78, 5) is 11.6. The summed E-state index contributed by atoms with van der Waals surface area (Å²) in [7, 11) is 0. The van der Waals surface area contributed by atoms with Crippen LogP contribution in [0, 0.1) is 11.7 Å². The Morgan fingerprint density at radius 3 is 2.83 bits per heavy atom. The zero-order valence-corrected chi connectivity index (χ0v) is 10.2. The van der Waals surface area contributed by atoms with Gasteiger partial charge >= 0.3 is 6.03 Å². The van der Waals surface area contributed by atoms with Crippen molar-refractivity contribution in [3.63, 3.8) is 0 Å². The summed E-state index contributed by atoms with van der Waals surface area (Å²) < 4.78 is 13.3. The molecule has 0 saturated heterocycles. The molecule has 4 nitrogen and oxygen atoms in total. The van der Waals surface area contributed by atoms with Gasteiger partial charge in [0.15, 0.2) is 0 Å². The highest BCUT2D eigenvalue weighted by Gasteiger charge is 2.24. The molecule has 0 bridgehead atoms. The summed E-state index contributed by atoms with van der Waals surface area (Å²) in [5.74, 6) is -0.110. The molecular weight excluding hydrogens is 233 g/mol. The van der Waals surface area contributed by atoms with Crippen LogP contribution in [0.5, 0.6) is 0 Å². The zero-order chi connectivity index (χ0) is 13.0. The maximum absolute atomic E-state index is 13.3. The first-order chi connectivity index (χ1) is 8.66. The summed E-state index contributed by atoms with van der Waals surface area (Å²) in [6.07, 6.45) is 3.17. The average Bonchev–Trinajstić information content (AvgIpc) is 2.75. The molecule has 5 heteroatoms. The lowest BCUT2D eigenvalue weighted by atomic mass is 10.1. The highest BCUT2D eigenvalue weighted by atomic mass is 19.1. The van der Waals surface area contributed by atoms with Gasteiger partial charge in [0.2, 0.25) is 0 Å². The molecule has 2 atom stereocenters. The number of benzene rings is 1. The van der Waals surface area contributed by atoms with Gasteiger partial charge in [-0.25, -0.2) is 9.18 Å². The van der Waals surface area contributed by atoms with Crippen LogP contribution in [0.1, 0.15) is 19.3 Å². The third kappa shape index (κ3) is 3.20. The first-order valence-electron chi connectivity index (χ1n) is 6.22. The average molecular weight is 251 g/mol. The van der Waals surface area contributed by atoms with Gasteiger partial charge in [0, 0.05) is 12.6 Å². The Labute approximate surface area is 106 Å². The zero-order valence-electron chi connectivity index (χ0n) is 10.2. The van der Waals surface area contributed by atoms with E-state index in [-0.39, 0.29) is 17.8 Å². The number of carbonyl (C=O) groups excluding carboxylic acids is 1. The molecule has 1 aliphatic carbocycles. The lowest BCUT2D eigenvalue weighted by Gasteiger charge is -2.16. The molecule has 2 rings (SSSR count). The number of carbonyl (C=O) groups is 1. The van der Waals surface area contributed by atoms with Gasteiger partial charge in [0.1, 0.15) is 5.82 Å². The van der Waals surface area contributed by atoms with Crippen LogP contribution in [0.4, 0.5) is 14.9 Å². The molecule has 0 heterocycles. The van der Waals surface area contributed by atoms with Gasteiger partial charge in [-0.05, 0) is 30.9 Å². The van der Waals surface area contributed by atoms with Crippen LogP contribution >= 0.6 is 0 Å². The number of para-hydroxylation sites is 1. The highest BCUT2D eigenvalue weighted by Crippen LogP contribution is 2.23. The molecule has 0 spiro atoms. The molecule has 0 aliphatic heterocycles. The molecule has 2 unspecified atom stereocenters. The number of halogens is 1. The molecule has 4 N–H and O–H groups in total. The van der Waals surface area contributed by atoms with Crippen LogP contribution in [0.2, 0.25) is 0 Å². The molecule has 1 aromatic rings. The summed E-state index contributed by atoms with van der Waals surface area (Å²) in [6, 6.07) is 5.86. The van der Waals surface area contributed by atoms with Crippen LogP contribution < -0.4 is 16.4 Å². The Kier molecular flexibility index (Phi) is 4.15. The molecule has 0 aromatic heterocycles. The normalized spacial score (nSPS) is 22.8. The Morgan fingerprint density at radius 2 is 2.17 bits per heavy atom. The van der Waals surface area contributed by atoms with E-state index in [0.717, 1.165) is 19.3 Å². The number of rotatable bonds is 3. The van der Waals surface area contributed by atoms with E-state index in [0.29, 0.717) is 12.5 Å². The second-order valence-electron chi connectivity index (χ2n) is 4.67. The summed E-state index contributed by atoms with van der Waals surface area (Å²) >= 11 is 0. The van der Waals surface area contributed by atoms with E-state index < -0.39 is 5.82 Å². The fourth-order valence-corrected chi connectivity index (χ4v) is 2.27. The smallest absolute Gasteiger partial charge is 0.319 e. The fraction of sp³-hybridized carbons (Fsp3) is 0.462. The minimum atomic E-state index is -0.440. The Hall–Kier alpha value is -1.62. The number of hydrogen-bond acceptors (Lipinski definition) is 2. The van der Waals surface area contributed by atoms with Crippen molar-refractivity contribution in [2.24, 2.45) is 11.7 Å². The minimum Gasteiger partial charge on any atom is -0.338 e. The molecule has 2 amide bonds. The first kappa shape index (κ1) is 12.8. The molecule has 0 radical (unpaired) electrons. The summed E-state index contributed by atoms with van der Waals surface area (Å²) in [5.41, 5.74) is 6.10. The van der Waals surface area contributed by atoms with Crippen molar-refractivity contribution in [3.8, 4) is 0 Å². The van der Waals surface area contributed by atoms with Crippen molar-refractivity contribution in [3.05, 3.63) is 30.1 Å². The lowest BCUT2D eigenvalue weighted by Crippen LogP contribution is -2.38. The number of hydrogen-bond donors (Lipinski definition) is 3. The topological polar surface area (TPSA) is 67.1 Å². The van der Waals surface area contributed by atoms with E-state index in [1.807, 2.05) is 0 Å². The fourth-order valence-electron chi connectivity index (χ4n) is 2.27. The molecule has 1 aromatic carbocycles. The van der Waals surface area contributed by atoms with E-state index in [2.05, 4.69) is 10.6 Å². The quantitative estimate of drug-likeness (QED) is 0.770. The largest absolute Gasteiger partial charge is 0.338 e. The van der Waals surface area contributed by atoms with Crippen LogP contribution in [0.25, 0.3) is 0 Å². The SMILES string of the molecule is NC1CCCC1CNC(=O)Nc1ccccc1F. The van der Waals surface area contributed by atoms with Gasteiger partial charge in [-0.3, -0.25) is 0 Å². The van der Waals surface area contributed by atoms with Gasteiger partial charge in [-0.15, -0.1) is 0 Å².